The Hall–Kier alpha value is -3.05. The van der Waals surface area contributed by atoms with Gasteiger partial charge in [0.15, 0.2) is 5.78 Å². The molecule has 0 radical (unpaired) electrons. The van der Waals surface area contributed by atoms with Crippen LogP contribution in [0.25, 0.3) is 20.5 Å². The molecule has 1 aliphatic rings. The highest BCUT2D eigenvalue weighted by molar-refractivity contribution is 7.22. The summed E-state index contributed by atoms with van der Waals surface area (Å²) in [7, 11) is 0. The summed E-state index contributed by atoms with van der Waals surface area (Å²) in [5.41, 5.74) is 1.86. The molecule has 2 heterocycles. The van der Waals surface area contributed by atoms with Crippen LogP contribution in [0.1, 0.15) is 57.7 Å². The summed E-state index contributed by atoms with van der Waals surface area (Å²) in [5.74, 6) is 0.502. The van der Waals surface area contributed by atoms with Crippen molar-refractivity contribution in [3.05, 3.63) is 113 Å². The highest BCUT2D eigenvalue weighted by Crippen LogP contribution is 2.45. The number of ether oxygens (including phenoxy) is 3. The molecule has 7 nitrogen and oxygen atoms in total. The van der Waals surface area contributed by atoms with Crippen LogP contribution in [0.2, 0.25) is 0 Å². The van der Waals surface area contributed by atoms with Crippen molar-refractivity contribution in [2.75, 3.05) is 26.2 Å². The van der Waals surface area contributed by atoms with E-state index in [2.05, 4.69) is 11.8 Å². The van der Waals surface area contributed by atoms with E-state index in [9.17, 15) is 14.4 Å². The van der Waals surface area contributed by atoms with E-state index in [1.54, 1.807) is 66.7 Å². The molecule has 5 aromatic rings. The van der Waals surface area contributed by atoms with Gasteiger partial charge in [0.05, 0.1) is 5.56 Å². The van der Waals surface area contributed by atoms with E-state index in [-0.39, 0.29) is 28.2 Å². The first-order valence-electron chi connectivity index (χ1n) is 16.4. The zero-order valence-corrected chi connectivity index (χ0v) is 33.6. The molecule has 0 spiro atoms. The second kappa shape index (κ2) is 16.4. The fourth-order valence-electron chi connectivity index (χ4n) is 6.02. The maximum Gasteiger partial charge on any atom is 0.343 e. The smallest absolute Gasteiger partial charge is 0.343 e. The number of rotatable bonds is 10. The van der Waals surface area contributed by atoms with E-state index in [1.165, 1.54) is 42.9 Å². The molecule has 0 bridgehead atoms. The van der Waals surface area contributed by atoms with Crippen LogP contribution in [0.3, 0.4) is 0 Å². The fraction of sp³-hybridized carbons (Fsp3) is 0.256. The van der Waals surface area contributed by atoms with Crippen LogP contribution in [0.4, 0.5) is 0 Å². The highest BCUT2D eigenvalue weighted by atomic mass is 35.6. The number of carbonyl (C=O) groups excluding carboxylic acids is 3. The molecule has 6 rings (SSSR count). The fourth-order valence-corrected chi connectivity index (χ4v) is 7.91. The lowest BCUT2D eigenvalue weighted by Gasteiger charge is -2.18. The van der Waals surface area contributed by atoms with Crippen molar-refractivity contribution in [1.82, 2.24) is 4.90 Å². The maximum absolute atomic E-state index is 14.3. The van der Waals surface area contributed by atoms with Gasteiger partial charge in [-0.1, -0.05) is 76.5 Å². The van der Waals surface area contributed by atoms with Gasteiger partial charge < -0.3 is 14.2 Å². The molecule has 0 aliphatic carbocycles. The van der Waals surface area contributed by atoms with E-state index in [1.807, 2.05) is 0 Å². The quantitative estimate of drug-likeness (QED) is 0.0599. The number of carbonyl (C=O) groups is 3. The van der Waals surface area contributed by atoms with Crippen LogP contribution in [0, 0.1) is 5.92 Å². The summed E-state index contributed by atoms with van der Waals surface area (Å²) in [6.45, 7) is 7.14. The summed E-state index contributed by atoms with van der Waals surface area (Å²) in [6.07, 6.45) is 1.20. The number of nitrogens with zero attached hydrogens (tertiary/aromatic N) is 1. The zero-order chi connectivity index (χ0) is 38.1. The van der Waals surface area contributed by atoms with Gasteiger partial charge in [-0.05, 0) is 109 Å². The van der Waals surface area contributed by atoms with Crippen LogP contribution in [0.15, 0.2) is 84.9 Å². The minimum Gasteiger partial charge on any atom is -0.492 e. The Morgan fingerprint density at radius 2 is 1.40 bits per heavy atom. The SMILES string of the molecule is CC(=O)Oc1ccc(-c2sc3cc(OC(=O)c4cc(C(Cl)(Cl)Cl)cc(C(Cl)(Cl)Cl)c4)ccc3c2C(=O)c2ccc(OCCN3CCC(C)C3)cc2)cc1. The molecule has 1 aliphatic heterocycles. The molecule has 1 unspecified atom stereocenters. The minimum absolute atomic E-state index is 0.0103. The van der Waals surface area contributed by atoms with Crippen molar-refractivity contribution in [1.29, 1.82) is 0 Å². The molecule has 1 atom stereocenters. The Morgan fingerprint density at radius 1 is 0.774 bits per heavy atom. The lowest BCUT2D eigenvalue weighted by atomic mass is 9.97. The predicted molar refractivity (Wildman–Crippen MR) is 214 cm³/mol. The van der Waals surface area contributed by atoms with Crippen LogP contribution in [-0.4, -0.2) is 48.9 Å². The molecule has 0 saturated carbocycles. The molecular weight excluding hydrogens is 823 g/mol. The first kappa shape index (κ1) is 39.6. The Balaban J connectivity index is 1.30. The monoisotopic (exact) mass is 851 g/mol. The molecular formula is C39H31Cl6NO6S. The van der Waals surface area contributed by atoms with Gasteiger partial charge >= 0.3 is 11.9 Å². The number of halogens is 6. The van der Waals surface area contributed by atoms with Gasteiger partial charge in [0, 0.05) is 57.2 Å². The molecule has 276 valence electrons. The zero-order valence-electron chi connectivity index (χ0n) is 28.3. The van der Waals surface area contributed by atoms with Gasteiger partial charge in [0.1, 0.15) is 23.9 Å². The van der Waals surface area contributed by atoms with Crippen LogP contribution in [0.5, 0.6) is 17.2 Å². The second-order valence-electron chi connectivity index (χ2n) is 12.7. The van der Waals surface area contributed by atoms with Gasteiger partial charge in [-0.2, -0.15) is 0 Å². The number of thiophene rings is 1. The van der Waals surface area contributed by atoms with Crippen molar-refractivity contribution in [3.8, 4) is 27.7 Å². The van der Waals surface area contributed by atoms with Gasteiger partial charge in [0.25, 0.3) is 0 Å². The maximum atomic E-state index is 14.3. The highest BCUT2D eigenvalue weighted by Gasteiger charge is 2.31. The Morgan fingerprint density at radius 3 is 1.98 bits per heavy atom. The van der Waals surface area contributed by atoms with E-state index in [0.29, 0.717) is 50.1 Å². The standard InChI is InChI=1S/C39H31Cl6NO6S/c1-22-13-14-46(21-22)15-16-50-29-7-3-24(4-8-29)35(48)34-32-12-11-31(20-33(32)53-36(34)25-5-9-30(10-6-25)51-23(2)47)52-37(49)26-17-27(38(40,41)42)19-28(18-26)39(43,44)45/h3-12,17-20,22H,13-16,21H2,1-2H3. The average Bonchev–Trinajstić information content (AvgIpc) is 3.70. The summed E-state index contributed by atoms with van der Waals surface area (Å²) >= 11 is 37.9. The Labute approximate surface area is 340 Å². The van der Waals surface area contributed by atoms with E-state index < -0.39 is 19.5 Å². The molecule has 1 fully saturated rings. The van der Waals surface area contributed by atoms with Gasteiger partial charge in [-0.25, -0.2) is 4.79 Å². The van der Waals surface area contributed by atoms with E-state index in [0.717, 1.165) is 25.2 Å². The first-order chi connectivity index (χ1) is 25.0. The van der Waals surface area contributed by atoms with Crippen LogP contribution < -0.4 is 14.2 Å². The number of alkyl halides is 6. The topological polar surface area (TPSA) is 82.1 Å². The molecule has 53 heavy (non-hydrogen) atoms. The number of esters is 2. The third-order valence-electron chi connectivity index (χ3n) is 8.60. The largest absolute Gasteiger partial charge is 0.492 e. The third-order valence-corrected chi connectivity index (χ3v) is 11.1. The normalized spacial score (nSPS) is 15.1. The molecule has 0 amide bonds. The van der Waals surface area contributed by atoms with Gasteiger partial charge in [0.2, 0.25) is 7.59 Å². The third kappa shape index (κ3) is 9.80. The van der Waals surface area contributed by atoms with Crippen molar-refractivity contribution >= 4 is 109 Å². The first-order valence-corrected chi connectivity index (χ1v) is 19.5. The van der Waals surface area contributed by atoms with E-state index >= 15 is 0 Å². The van der Waals surface area contributed by atoms with Gasteiger partial charge in [-0.15, -0.1) is 11.3 Å². The lowest BCUT2D eigenvalue weighted by Crippen LogP contribution is -2.25. The predicted octanol–water partition coefficient (Wildman–Crippen LogP) is 11.3. The van der Waals surface area contributed by atoms with E-state index in [4.69, 9.17) is 83.8 Å². The van der Waals surface area contributed by atoms with Gasteiger partial charge in [-0.3, -0.25) is 14.5 Å². The minimum atomic E-state index is -1.91. The van der Waals surface area contributed by atoms with Crippen molar-refractivity contribution in [3.63, 3.8) is 0 Å². The van der Waals surface area contributed by atoms with Crippen molar-refractivity contribution in [2.24, 2.45) is 5.92 Å². The van der Waals surface area contributed by atoms with Crippen LogP contribution >= 0.6 is 80.9 Å². The Bertz CT molecular complexity index is 2130. The molecule has 1 saturated heterocycles. The summed E-state index contributed by atoms with van der Waals surface area (Å²) in [5, 5.41) is 0.649. The lowest BCUT2D eigenvalue weighted by molar-refractivity contribution is -0.131. The Kier molecular flexibility index (Phi) is 12.2. The van der Waals surface area contributed by atoms with Crippen LogP contribution in [-0.2, 0) is 12.4 Å². The number of benzene rings is 4. The number of hydrogen-bond acceptors (Lipinski definition) is 8. The second-order valence-corrected chi connectivity index (χ2v) is 18.3. The average molecular weight is 854 g/mol. The number of hydrogen-bond donors (Lipinski definition) is 0. The summed E-state index contributed by atoms with van der Waals surface area (Å²) in [6, 6.07) is 23.0. The van der Waals surface area contributed by atoms with Crippen molar-refractivity contribution in [2.45, 2.75) is 27.9 Å². The number of fused-ring (bicyclic) bond motifs is 1. The molecule has 14 heteroatoms. The summed E-state index contributed by atoms with van der Waals surface area (Å²) < 4.78 is 13.8. The molecule has 0 N–H and O–H groups in total. The van der Waals surface area contributed by atoms with Crippen molar-refractivity contribution < 1.29 is 28.6 Å². The molecule has 1 aromatic heterocycles. The molecule has 4 aromatic carbocycles. The number of ketones is 1. The number of likely N-dealkylation sites (tertiary alicyclic amines) is 1. The summed E-state index contributed by atoms with van der Waals surface area (Å²) in [4.78, 5) is 42.2.